The topological polar surface area (TPSA) is 91.5 Å². The van der Waals surface area contributed by atoms with E-state index in [1.165, 1.54) is 18.3 Å². The summed E-state index contributed by atoms with van der Waals surface area (Å²) in [6.07, 6.45) is 4.12. The summed E-state index contributed by atoms with van der Waals surface area (Å²) in [5.74, 6) is -0.474. The molecule has 1 aromatic rings. The van der Waals surface area contributed by atoms with Crippen LogP contribution in [0.3, 0.4) is 0 Å². The summed E-state index contributed by atoms with van der Waals surface area (Å²) in [6, 6.07) is 2.51. The Morgan fingerprint density at radius 1 is 1.46 bits per heavy atom. The molecule has 1 saturated heterocycles. The second-order valence-electron chi connectivity index (χ2n) is 6.24. The largest absolute Gasteiger partial charge is 0.384 e. The number of likely N-dealkylation sites (tertiary alicyclic amines) is 1. The number of pyridine rings is 1. The molecule has 0 radical (unpaired) electrons. The number of hydrogen-bond donors (Lipinski definition) is 2. The fourth-order valence-corrected chi connectivity index (χ4v) is 2.93. The highest BCUT2D eigenvalue weighted by Crippen LogP contribution is 2.14. The molecule has 0 aliphatic carbocycles. The molecule has 7 nitrogen and oxygen atoms in total. The minimum atomic E-state index is -0.322. The number of nitrogens with one attached hydrogen (secondary N) is 2. The molecule has 2 rings (SSSR count). The van der Waals surface area contributed by atoms with Crippen LogP contribution in [0.15, 0.2) is 23.1 Å². The van der Waals surface area contributed by atoms with Gasteiger partial charge in [-0.25, -0.2) is 0 Å². The van der Waals surface area contributed by atoms with Crippen LogP contribution in [0.2, 0.25) is 0 Å². The molecule has 0 spiro atoms. The van der Waals surface area contributed by atoms with E-state index in [0.717, 1.165) is 19.3 Å². The lowest BCUT2D eigenvalue weighted by Gasteiger charge is -2.27. The van der Waals surface area contributed by atoms with Crippen molar-refractivity contribution in [3.05, 3.63) is 34.2 Å². The number of amides is 2. The predicted octanol–water partition coefficient (Wildman–Crippen LogP) is 0.768. The molecule has 0 bridgehead atoms. The van der Waals surface area contributed by atoms with Gasteiger partial charge in [-0.15, -0.1) is 0 Å². The normalized spacial score (nSPS) is 19.4. The third-order valence-corrected chi connectivity index (χ3v) is 4.17. The standard InChI is InChI=1S/C17H25N3O4/c1-12(11-24-2)17(23)20-8-4-3-5-13(10-20)19-16(22)15-9-14(21)6-7-18-15/h6-7,9,12-13H,3-5,8,10-11H2,1-2H3,(H,18,21)(H,19,22). The first-order valence-corrected chi connectivity index (χ1v) is 8.28. The van der Waals surface area contributed by atoms with E-state index in [9.17, 15) is 14.4 Å². The van der Waals surface area contributed by atoms with E-state index in [1.807, 2.05) is 6.92 Å². The van der Waals surface area contributed by atoms with Crippen molar-refractivity contribution in [2.24, 2.45) is 5.92 Å². The Labute approximate surface area is 141 Å². The van der Waals surface area contributed by atoms with Crippen LogP contribution in [0.5, 0.6) is 0 Å². The van der Waals surface area contributed by atoms with Gasteiger partial charge in [0.1, 0.15) is 5.69 Å². The number of H-pyrrole nitrogens is 1. The summed E-state index contributed by atoms with van der Waals surface area (Å²) >= 11 is 0. The molecule has 132 valence electrons. The zero-order valence-electron chi connectivity index (χ0n) is 14.2. The number of ether oxygens (including phenoxy) is 1. The van der Waals surface area contributed by atoms with Crippen molar-refractivity contribution in [2.45, 2.75) is 32.2 Å². The van der Waals surface area contributed by atoms with Crippen molar-refractivity contribution < 1.29 is 14.3 Å². The van der Waals surface area contributed by atoms with Gasteiger partial charge < -0.3 is 19.9 Å². The van der Waals surface area contributed by atoms with E-state index < -0.39 is 0 Å². The summed E-state index contributed by atoms with van der Waals surface area (Å²) in [6.45, 7) is 3.41. The van der Waals surface area contributed by atoms with E-state index >= 15 is 0 Å². The van der Waals surface area contributed by atoms with Gasteiger partial charge in [0.25, 0.3) is 5.91 Å². The third kappa shape index (κ3) is 4.92. The van der Waals surface area contributed by atoms with Gasteiger partial charge in [0, 0.05) is 44.6 Å². The van der Waals surface area contributed by atoms with Crippen molar-refractivity contribution in [3.63, 3.8) is 0 Å². The SMILES string of the molecule is COCC(C)C(=O)N1CCCCC(NC(=O)c2cc(=O)cc[nH]2)C1. The highest BCUT2D eigenvalue weighted by molar-refractivity contribution is 5.92. The molecule has 24 heavy (non-hydrogen) atoms. The molecular formula is C17H25N3O4. The van der Waals surface area contributed by atoms with Gasteiger partial charge in [-0.1, -0.05) is 6.92 Å². The molecule has 0 saturated carbocycles. The average Bonchev–Trinajstić information content (AvgIpc) is 2.80. The highest BCUT2D eigenvalue weighted by atomic mass is 16.5. The van der Waals surface area contributed by atoms with E-state index in [1.54, 1.807) is 12.0 Å². The molecule has 7 heteroatoms. The van der Waals surface area contributed by atoms with Crippen molar-refractivity contribution >= 4 is 11.8 Å². The fourth-order valence-electron chi connectivity index (χ4n) is 2.93. The summed E-state index contributed by atoms with van der Waals surface area (Å²) in [4.78, 5) is 40.7. The van der Waals surface area contributed by atoms with Gasteiger partial charge in [0.2, 0.25) is 5.91 Å². The molecule has 0 aromatic carbocycles. The van der Waals surface area contributed by atoms with Gasteiger partial charge >= 0.3 is 0 Å². The lowest BCUT2D eigenvalue weighted by molar-refractivity contribution is -0.136. The Kier molecular flexibility index (Phi) is 6.54. The minimum absolute atomic E-state index is 0.0473. The first kappa shape index (κ1) is 18.2. The van der Waals surface area contributed by atoms with Gasteiger partial charge in [0.15, 0.2) is 5.43 Å². The van der Waals surface area contributed by atoms with Crippen LogP contribution < -0.4 is 10.7 Å². The smallest absolute Gasteiger partial charge is 0.268 e. The number of carbonyl (C=O) groups excluding carboxylic acids is 2. The lowest BCUT2D eigenvalue weighted by atomic mass is 10.1. The predicted molar refractivity (Wildman–Crippen MR) is 89.8 cm³/mol. The second-order valence-corrected chi connectivity index (χ2v) is 6.24. The Bertz CT molecular complexity index is 628. The first-order valence-electron chi connectivity index (χ1n) is 8.28. The number of hydrogen-bond acceptors (Lipinski definition) is 4. The van der Waals surface area contributed by atoms with Crippen molar-refractivity contribution in [2.75, 3.05) is 26.8 Å². The van der Waals surface area contributed by atoms with Crippen LogP contribution in [0.1, 0.15) is 36.7 Å². The maximum Gasteiger partial charge on any atom is 0.268 e. The first-order chi connectivity index (χ1) is 11.5. The molecule has 2 amide bonds. The Hall–Kier alpha value is -2.15. The molecule has 1 aliphatic heterocycles. The number of carbonyl (C=O) groups is 2. The van der Waals surface area contributed by atoms with Crippen LogP contribution in [0.4, 0.5) is 0 Å². The van der Waals surface area contributed by atoms with E-state index in [0.29, 0.717) is 19.7 Å². The van der Waals surface area contributed by atoms with Crippen molar-refractivity contribution in [1.29, 1.82) is 0 Å². The third-order valence-electron chi connectivity index (χ3n) is 4.17. The maximum atomic E-state index is 12.5. The number of aromatic amines is 1. The summed E-state index contributed by atoms with van der Waals surface area (Å²) in [5, 5.41) is 2.92. The van der Waals surface area contributed by atoms with Crippen LogP contribution in [-0.4, -0.2) is 54.5 Å². The Morgan fingerprint density at radius 2 is 2.25 bits per heavy atom. The van der Waals surface area contributed by atoms with Crippen LogP contribution in [0.25, 0.3) is 0 Å². The van der Waals surface area contributed by atoms with Gasteiger partial charge in [-0.3, -0.25) is 14.4 Å². The Balaban J connectivity index is 2.00. The molecular weight excluding hydrogens is 310 g/mol. The maximum absolute atomic E-state index is 12.5. The number of nitrogens with zero attached hydrogens (tertiary/aromatic N) is 1. The van der Waals surface area contributed by atoms with Gasteiger partial charge in [0.05, 0.1) is 12.5 Å². The van der Waals surface area contributed by atoms with E-state index in [-0.39, 0.29) is 34.9 Å². The van der Waals surface area contributed by atoms with E-state index in [4.69, 9.17) is 4.74 Å². The highest BCUT2D eigenvalue weighted by Gasteiger charge is 2.26. The molecule has 1 fully saturated rings. The van der Waals surface area contributed by atoms with E-state index in [2.05, 4.69) is 10.3 Å². The number of aromatic nitrogens is 1. The van der Waals surface area contributed by atoms with Crippen LogP contribution in [-0.2, 0) is 9.53 Å². The van der Waals surface area contributed by atoms with Gasteiger partial charge in [-0.2, -0.15) is 0 Å². The minimum Gasteiger partial charge on any atom is -0.384 e. The summed E-state index contributed by atoms with van der Waals surface area (Å²) < 4.78 is 5.06. The molecule has 2 unspecified atom stereocenters. The zero-order chi connectivity index (χ0) is 17.5. The molecule has 2 N–H and O–H groups in total. The van der Waals surface area contributed by atoms with Gasteiger partial charge in [-0.05, 0) is 19.3 Å². The molecule has 2 heterocycles. The zero-order valence-corrected chi connectivity index (χ0v) is 14.2. The quantitative estimate of drug-likeness (QED) is 0.831. The molecule has 2 atom stereocenters. The Morgan fingerprint density at radius 3 is 2.96 bits per heavy atom. The van der Waals surface area contributed by atoms with Crippen LogP contribution in [0, 0.1) is 5.92 Å². The molecule has 1 aliphatic rings. The number of methoxy groups -OCH3 is 1. The van der Waals surface area contributed by atoms with Crippen molar-refractivity contribution in [1.82, 2.24) is 15.2 Å². The monoisotopic (exact) mass is 335 g/mol. The summed E-state index contributed by atoms with van der Waals surface area (Å²) in [5.41, 5.74) is 0.0161. The second kappa shape index (κ2) is 8.63. The molecule has 1 aromatic heterocycles. The summed E-state index contributed by atoms with van der Waals surface area (Å²) in [7, 11) is 1.58. The fraction of sp³-hybridized carbons (Fsp3) is 0.588. The van der Waals surface area contributed by atoms with Crippen LogP contribution >= 0.6 is 0 Å². The average molecular weight is 335 g/mol. The lowest BCUT2D eigenvalue weighted by Crippen LogP contribution is -2.46. The van der Waals surface area contributed by atoms with Crippen molar-refractivity contribution in [3.8, 4) is 0 Å². The number of rotatable bonds is 5.